The van der Waals surface area contributed by atoms with Crippen molar-refractivity contribution in [3.8, 4) is 5.75 Å². The molecular weight excluding hydrogens is 328 g/mol. The first kappa shape index (κ1) is 18.5. The van der Waals surface area contributed by atoms with Gasteiger partial charge in [0.15, 0.2) is 0 Å². The van der Waals surface area contributed by atoms with Crippen molar-refractivity contribution in [1.82, 2.24) is 10.2 Å². The lowest BCUT2D eigenvalue weighted by Gasteiger charge is -2.33. The monoisotopic (exact) mass is 356 g/mol. The maximum absolute atomic E-state index is 12.9. The fourth-order valence-electron chi connectivity index (χ4n) is 4.08. The molecule has 26 heavy (non-hydrogen) atoms. The van der Waals surface area contributed by atoms with Crippen LogP contribution in [-0.2, 0) is 16.1 Å². The van der Waals surface area contributed by atoms with Crippen LogP contribution in [-0.4, -0.2) is 35.9 Å². The van der Waals surface area contributed by atoms with Crippen LogP contribution in [0.5, 0.6) is 5.75 Å². The van der Waals surface area contributed by atoms with Gasteiger partial charge in [0.2, 0.25) is 5.91 Å². The summed E-state index contributed by atoms with van der Waals surface area (Å²) in [5.74, 6) is 0.724. The number of carbonyl (C=O) groups is 2. The quantitative estimate of drug-likeness (QED) is 0.852. The van der Waals surface area contributed by atoms with Crippen molar-refractivity contribution < 1.29 is 14.3 Å². The second-order valence-corrected chi connectivity index (χ2v) is 7.38. The Kier molecular flexibility index (Phi) is 5.64. The summed E-state index contributed by atoms with van der Waals surface area (Å²) in [5.41, 5.74) is 2.91. The first-order chi connectivity index (χ1) is 12.5. The summed E-state index contributed by atoms with van der Waals surface area (Å²) in [4.78, 5) is 27.3. The van der Waals surface area contributed by atoms with Gasteiger partial charge in [-0.15, -0.1) is 0 Å². The number of hydrogen-bond acceptors (Lipinski definition) is 3. The second-order valence-electron chi connectivity index (χ2n) is 7.38. The summed E-state index contributed by atoms with van der Waals surface area (Å²) in [5, 5.41) is 2.94. The molecule has 140 valence electrons. The number of rotatable bonds is 6. The third-order valence-electron chi connectivity index (χ3n) is 5.31. The normalized spacial score (nSPS) is 19.8. The molecule has 1 N–H and O–H groups in total. The first-order valence-corrected chi connectivity index (χ1v) is 9.45. The van der Waals surface area contributed by atoms with Crippen LogP contribution in [0, 0.1) is 0 Å². The Bertz CT molecular complexity index is 724. The number of nitrogens with zero attached hydrogens (tertiary/aromatic N) is 1. The van der Waals surface area contributed by atoms with E-state index in [0.717, 1.165) is 42.6 Å². The van der Waals surface area contributed by atoms with Crippen LogP contribution in [0.25, 0.3) is 0 Å². The van der Waals surface area contributed by atoms with E-state index < -0.39 is 0 Å². The summed E-state index contributed by atoms with van der Waals surface area (Å²) in [7, 11) is 1.62. The molecule has 3 rings (SSSR count). The lowest BCUT2D eigenvalue weighted by atomic mass is 9.88. The van der Waals surface area contributed by atoms with Crippen LogP contribution in [0.4, 0.5) is 0 Å². The third kappa shape index (κ3) is 3.76. The zero-order valence-electron chi connectivity index (χ0n) is 15.9. The molecule has 0 spiro atoms. The zero-order valence-corrected chi connectivity index (χ0v) is 15.9. The van der Waals surface area contributed by atoms with E-state index in [4.69, 9.17) is 4.74 Å². The number of ether oxygens (including phenoxy) is 1. The fraction of sp³-hybridized carbons (Fsp3) is 0.524. The molecule has 5 nitrogen and oxygen atoms in total. The first-order valence-electron chi connectivity index (χ1n) is 9.45. The molecule has 2 amide bonds. The van der Waals surface area contributed by atoms with Gasteiger partial charge >= 0.3 is 0 Å². The summed E-state index contributed by atoms with van der Waals surface area (Å²) in [6, 6.07) is 8.00. The molecular formula is C21H28N2O3. The molecule has 1 aromatic carbocycles. The number of amides is 2. The van der Waals surface area contributed by atoms with Crippen LogP contribution in [0.3, 0.4) is 0 Å². The van der Waals surface area contributed by atoms with Crippen LogP contribution in [0.1, 0.15) is 51.5 Å². The van der Waals surface area contributed by atoms with Crippen LogP contribution in [0.2, 0.25) is 0 Å². The highest BCUT2D eigenvalue weighted by Crippen LogP contribution is 2.38. The second kappa shape index (κ2) is 7.94. The third-order valence-corrected chi connectivity index (χ3v) is 5.31. The SMILES string of the molecule is COc1cccc(CNC(=O)CC2=C3CCCCC3N(C(C)C)C2=O)c1. The number of carbonyl (C=O) groups excluding carboxylic acids is 2. The number of benzene rings is 1. The van der Waals surface area contributed by atoms with Gasteiger partial charge in [0.05, 0.1) is 19.6 Å². The Labute approximate surface area is 155 Å². The highest BCUT2D eigenvalue weighted by molar-refractivity contribution is 6.02. The van der Waals surface area contributed by atoms with Gasteiger partial charge in [0, 0.05) is 18.2 Å². The van der Waals surface area contributed by atoms with Crippen LogP contribution < -0.4 is 10.1 Å². The lowest BCUT2D eigenvalue weighted by Crippen LogP contribution is -2.41. The predicted molar refractivity (Wildman–Crippen MR) is 101 cm³/mol. The van der Waals surface area contributed by atoms with Gasteiger partial charge < -0.3 is 15.0 Å². The summed E-state index contributed by atoms with van der Waals surface area (Å²) >= 11 is 0. The van der Waals surface area contributed by atoms with E-state index in [1.54, 1.807) is 7.11 Å². The molecule has 0 radical (unpaired) electrons. The molecule has 2 aliphatic rings. The molecule has 0 bridgehead atoms. The van der Waals surface area contributed by atoms with E-state index in [-0.39, 0.29) is 30.3 Å². The summed E-state index contributed by atoms with van der Waals surface area (Å²) in [6.07, 6.45) is 4.41. The number of fused-ring (bicyclic) bond motifs is 1. The van der Waals surface area contributed by atoms with Crippen molar-refractivity contribution in [1.29, 1.82) is 0 Å². The Morgan fingerprint density at radius 3 is 2.88 bits per heavy atom. The molecule has 1 atom stereocenters. The molecule has 1 aliphatic heterocycles. The van der Waals surface area contributed by atoms with Crippen molar-refractivity contribution in [3.63, 3.8) is 0 Å². The molecule has 0 aromatic heterocycles. The van der Waals surface area contributed by atoms with E-state index in [0.29, 0.717) is 6.54 Å². The molecule has 1 unspecified atom stereocenters. The Hall–Kier alpha value is -2.30. The average Bonchev–Trinajstić information content (AvgIpc) is 2.92. The molecule has 5 heteroatoms. The maximum Gasteiger partial charge on any atom is 0.251 e. The van der Waals surface area contributed by atoms with Crippen molar-refractivity contribution in [2.24, 2.45) is 0 Å². The van der Waals surface area contributed by atoms with Crippen LogP contribution in [0.15, 0.2) is 35.4 Å². The Morgan fingerprint density at radius 1 is 1.35 bits per heavy atom. The van der Waals surface area contributed by atoms with Gasteiger partial charge in [-0.2, -0.15) is 0 Å². The van der Waals surface area contributed by atoms with Gasteiger partial charge in [0.1, 0.15) is 5.75 Å². The van der Waals surface area contributed by atoms with Crippen molar-refractivity contribution in [2.75, 3.05) is 7.11 Å². The molecule has 1 aliphatic carbocycles. The minimum atomic E-state index is -0.0985. The van der Waals surface area contributed by atoms with Gasteiger partial charge in [0.25, 0.3) is 5.91 Å². The number of hydrogen-bond donors (Lipinski definition) is 1. The van der Waals surface area contributed by atoms with Crippen LogP contribution >= 0.6 is 0 Å². The van der Waals surface area contributed by atoms with Gasteiger partial charge in [-0.3, -0.25) is 9.59 Å². The standard InChI is InChI=1S/C21H28N2O3/c1-14(2)23-19-10-5-4-9-17(19)18(21(23)25)12-20(24)22-13-15-7-6-8-16(11-15)26-3/h6-8,11,14,19H,4-5,9-10,12-13H2,1-3H3,(H,22,24). The average molecular weight is 356 g/mol. The topological polar surface area (TPSA) is 58.6 Å². The Morgan fingerprint density at radius 2 is 2.15 bits per heavy atom. The lowest BCUT2D eigenvalue weighted by molar-refractivity contribution is -0.130. The van der Waals surface area contributed by atoms with E-state index in [1.807, 2.05) is 29.2 Å². The van der Waals surface area contributed by atoms with Gasteiger partial charge in [-0.05, 0) is 56.4 Å². The minimum Gasteiger partial charge on any atom is -0.497 e. The van der Waals surface area contributed by atoms with E-state index in [9.17, 15) is 9.59 Å². The smallest absolute Gasteiger partial charge is 0.251 e. The summed E-state index contributed by atoms with van der Waals surface area (Å²) < 4.78 is 5.21. The Balaban J connectivity index is 1.66. The highest BCUT2D eigenvalue weighted by Gasteiger charge is 2.41. The van der Waals surface area contributed by atoms with Gasteiger partial charge in [-0.25, -0.2) is 0 Å². The summed E-state index contributed by atoms with van der Waals surface area (Å²) in [6.45, 7) is 4.54. The van der Waals surface area contributed by atoms with Crippen molar-refractivity contribution in [2.45, 2.75) is 64.6 Å². The molecule has 1 heterocycles. The minimum absolute atomic E-state index is 0.0541. The molecule has 0 saturated heterocycles. The maximum atomic E-state index is 12.9. The van der Waals surface area contributed by atoms with Crippen molar-refractivity contribution >= 4 is 11.8 Å². The number of methoxy groups -OCH3 is 1. The van der Waals surface area contributed by atoms with E-state index in [2.05, 4.69) is 19.2 Å². The van der Waals surface area contributed by atoms with E-state index in [1.165, 1.54) is 5.57 Å². The van der Waals surface area contributed by atoms with Crippen molar-refractivity contribution in [3.05, 3.63) is 41.0 Å². The van der Waals surface area contributed by atoms with E-state index >= 15 is 0 Å². The molecule has 1 aromatic rings. The fourth-order valence-corrected chi connectivity index (χ4v) is 4.08. The molecule has 1 saturated carbocycles. The zero-order chi connectivity index (χ0) is 18.7. The van der Waals surface area contributed by atoms with Gasteiger partial charge in [-0.1, -0.05) is 18.6 Å². The molecule has 1 fully saturated rings. The number of nitrogens with one attached hydrogen (secondary N) is 1. The predicted octanol–water partition coefficient (Wildman–Crippen LogP) is 3.19. The largest absolute Gasteiger partial charge is 0.497 e. The highest BCUT2D eigenvalue weighted by atomic mass is 16.5.